The molecular formula is C14H21N5O. The number of aromatic nitrogens is 4. The Hall–Kier alpha value is -1.98. The van der Waals surface area contributed by atoms with E-state index in [-0.39, 0.29) is 11.7 Å². The molecule has 1 amide bonds. The number of carbonyl (C=O) groups excluding carboxylic acids is 1. The Labute approximate surface area is 118 Å². The third-order valence-electron chi connectivity index (χ3n) is 3.08. The van der Waals surface area contributed by atoms with Crippen LogP contribution in [0.25, 0.3) is 5.78 Å². The van der Waals surface area contributed by atoms with Gasteiger partial charge in [0.2, 0.25) is 5.82 Å². The molecule has 2 rings (SSSR count). The number of rotatable bonds is 5. The molecule has 0 aliphatic heterocycles. The first kappa shape index (κ1) is 14.4. The third kappa shape index (κ3) is 2.79. The fraction of sp³-hybridized carbons (Fsp3) is 0.571. The summed E-state index contributed by atoms with van der Waals surface area (Å²) in [5.74, 6) is 0.600. The molecule has 0 atom stereocenters. The molecular weight excluding hydrogens is 254 g/mol. The minimum Gasteiger partial charge on any atom is -0.336 e. The molecule has 0 aliphatic rings. The molecule has 108 valence electrons. The summed E-state index contributed by atoms with van der Waals surface area (Å²) in [7, 11) is 0. The van der Waals surface area contributed by atoms with Crippen molar-refractivity contribution < 1.29 is 4.79 Å². The van der Waals surface area contributed by atoms with Gasteiger partial charge in [-0.15, -0.1) is 5.10 Å². The van der Waals surface area contributed by atoms with Crippen molar-refractivity contribution in [2.24, 2.45) is 0 Å². The Kier molecular flexibility index (Phi) is 4.32. The molecule has 0 bridgehead atoms. The maximum absolute atomic E-state index is 12.5. The Bertz CT molecular complexity index is 613. The summed E-state index contributed by atoms with van der Waals surface area (Å²) in [6.07, 6.45) is 1.85. The average Bonchev–Trinajstić information content (AvgIpc) is 2.81. The van der Waals surface area contributed by atoms with Gasteiger partial charge in [-0.3, -0.25) is 4.79 Å². The van der Waals surface area contributed by atoms with Gasteiger partial charge in [-0.2, -0.15) is 4.98 Å². The highest BCUT2D eigenvalue weighted by Crippen LogP contribution is 2.08. The highest BCUT2D eigenvalue weighted by molar-refractivity contribution is 5.90. The van der Waals surface area contributed by atoms with E-state index < -0.39 is 0 Å². The summed E-state index contributed by atoms with van der Waals surface area (Å²) >= 11 is 0. The number of fused-ring (bicyclic) bond motifs is 1. The zero-order valence-corrected chi connectivity index (χ0v) is 12.6. The van der Waals surface area contributed by atoms with Crippen LogP contribution in [0, 0.1) is 13.8 Å². The third-order valence-corrected chi connectivity index (χ3v) is 3.08. The van der Waals surface area contributed by atoms with Crippen LogP contribution in [0.3, 0.4) is 0 Å². The average molecular weight is 275 g/mol. The fourth-order valence-electron chi connectivity index (χ4n) is 2.25. The Balaban J connectivity index is 2.36. The van der Waals surface area contributed by atoms with Crippen LogP contribution < -0.4 is 0 Å². The van der Waals surface area contributed by atoms with Gasteiger partial charge in [-0.05, 0) is 32.8 Å². The summed E-state index contributed by atoms with van der Waals surface area (Å²) in [6, 6.07) is 1.92. The van der Waals surface area contributed by atoms with Crippen molar-refractivity contribution in [3.8, 4) is 0 Å². The van der Waals surface area contributed by atoms with E-state index in [2.05, 4.69) is 28.9 Å². The predicted molar refractivity (Wildman–Crippen MR) is 76.7 cm³/mol. The van der Waals surface area contributed by atoms with Crippen LogP contribution in [0.2, 0.25) is 0 Å². The van der Waals surface area contributed by atoms with E-state index >= 15 is 0 Å². The van der Waals surface area contributed by atoms with E-state index in [9.17, 15) is 4.79 Å². The van der Waals surface area contributed by atoms with E-state index in [1.54, 1.807) is 9.42 Å². The molecule has 20 heavy (non-hydrogen) atoms. The molecule has 2 aromatic heterocycles. The number of hydrogen-bond donors (Lipinski definition) is 0. The van der Waals surface area contributed by atoms with Gasteiger partial charge in [-0.1, -0.05) is 13.8 Å². The van der Waals surface area contributed by atoms with Gasteiger partial charge in [-0.25, -0.2) is 9.50 Å². The van der Waals surface area contributed by atoms with E-state index in [1.807, 2.05) is 19.9 Å². The Morgan fingerprint density at radius 1 is 1.20 bits per heavy atom. The van der Waals surface area contributed by atoms with Crippen LogP contribution in [0.5, 0.6) is 0 Å². The molecule has 0 aromatic carbocycles. The molecule has 0 spiro atoms. The SMILES string of the molecule is CCCN(CCC)C(=O)c1nc2nc(C)cc(C)n2n1. The Morgan fingerprint density at radius 3 is 2.45 bits per heavy atom. The van der Waals surface area contributed by atoms with Crippen LogP contribution in [0.1, 0.15) is 48.7 Å². The van der Waals surface area contributed by atoms with Crippen LogP contribution in [0.15, 0.2) is 6.07 Å². The van der Waals surface area contributed by atoms with Gasteiger partial charge in [0.1, 0.15) is 0 Å². The van der Waals surface area contributed by atoms with E-state index in [1.165, 1.54) is 0 Å². The maximum Gasteiger partial charge on any atom is 0.293 e. The van der Waals surface area contributed by atoms with Crippen LogP contribution >= 0.6 is 0 Å². The van der Waals surface area contributed by atoms with Gasteiger partial charge in [0.05, 0.1) is 0 Å². The van der Waals surface area contributed by atoms with E-state index in [0.29, 0.717) is 5.78 Å². The van der Waals surface area contributed by atoms with Crippen molar-refractivity contribution in [3.63, 3.8) is 0 Å². The summed E-state index contributed by atoms with van der Waals surface area (Å²) in [5.41, 5.74) is 1.80. The second kappa shape index (κ2) is 5.98. The molecule has 2 heterocycles. The molecule has 6 heteroatoms. The molecule has 6 nitrogen and oxygen atoms in total. The minimum absolute atomic E-state index is 0.115. The molecule has 0 saturated carbocycles. The van der Waals surface area contributed by atoms with Crippen LogP contribution in [0.4, 0.5) is 0 Å². The van der Waals surface area contributed by atoms with E-state index in [4.69, 9.17) is 0 Å². The van der Waals surface area contributed by atoms with E-state index in [0.717, 1.165) is 37.3 Å². The summed E-state index contributed by atoms with van der Waals surface area (Å²) in [6.45, 7) is 9.41. The number of aryl methyl sites for hydroxylation is 2. The zero-order chi connectivity index (χ0) is 14.7. The normalized spacial score (nSPS) is 11.0. The highest BCUT2D eigenvalue weighted by atomic mass is 16.2. The fourth-order valence-corrected chi connectivity index (χ4v) is 2.25. The second-order valence-corrected chi connectivity index (χ2v) is 4.98. The lowest BCUT2D eigenvalue weighted by atomic mass is 10.3. The molecule has 0 saturated heterocycles. The molecule has 0 radical (unpaired) electrons. The van der Waals surface area contributed by atoms with Crippen molar-refractivity contribution in [2.75, 3.05) is 13.1 Å². The monoisotopic (exact) mass is 275 g/mol. The predicted octanol–water partition coefficient (Wildman–Crippen LogP) is 2.00. The lowest BCUT2D eigenvalue weighted by Gasteiger charge is -2.19. The van der Waals surface area contributed by atoms with Gasteiger partial charge in [0.15, 0.2) is 0 Å². The quantitative estimate of drug-likeness (QED) is 0.837. The largest absolute Gasteiger partial charge is 0.336 e. The van der Waals surface area contributed by atoms with Crippen LogP contribution in [-0.4, -0.2) is 43.5 Å². The van der Waals surface area contributed by atoms with Crippen molar-refractivity contribution in [1.82, 2.24) is 24.5 Å². The molecule has 0 unspecified atom stereocenters. The van der Waals surface area contributed by atoms with Gasteiger partial charge in [0.25, 0.3) is 11.7 Å². The molecule has 0 N–H and O–H groups in total. The molecule has 2 aromatic rings. The summed E-state index contributed by atoms with van der Waals surface area (Å²) in [4.78, 5) is 22.8. The number of nitrogens with zero attached hydrogens (tertiary/aromatic N) is 5. The molecule has 0 aliphatic carbocycles. The van der Waals surface area contributed by atoms with Gasteiger partial charge in [0, 0.05) is 24.5 Å². The first-order valence-corrected chi connectivity index (χ1v) is 7.07. The Morgan fingerprint density at radius 2 is 1.85 bits per heavy atom. The van der Waals surface area contributed by atoms with Crippen molar-refractivity contribution in [2.45, 2.75) is 40.5 Å². The van der Waals surface area contributed by atoms with Crippen molar-refractivity contribution in [3.05, 3.63) is 23.3 Å². The van der Waals surface area contributed by atoms with Crippen molar-refractivity contribution >= 4 is 11.7 Å². The number of amides is 1. The zero-order valence-electron chi connectivity index (χ0n) is 12.6. The van der Waals surface area contributed by atoms with Gasteiger partial charge >= 0.3 is 0 Å². The number of carbonyl (C=O) groups is 1. The molecule has 0 fully saturated rings. The summed E-state index contributed by atoms with van der Waals surface area (Å²) < 4.78 is 1.62. The first-order chi connectivity index (χ1) is 9.56. The van der Waals surface area contributed by atoms with Crippen molar-refractivity contribution in [1.29, 1.82) is 0 Å². The lowest BCUT2D eigenvalue weighted by Crippen LogP contribution is -2.33. The number of hydrogen-bond acceptors (Lipinski definition) is 4. The topological polar surface area (TPSA) is 63.4 Å². The van der Waals surface area contributed by atoms with Gasteiger partial charge < -0.3 is 4.90 Å². The standard InChI is InChI=1S/C14H21N5O/c1-5-7-18(8-6-2)13(20)12-16-14-15-10(3)9-11(4)19(14)17-12/h9H,5-8H2,1-4H3. The smallest absolute Gasteiger partial charge is 0.293 e. The second-order valence-electron chi connectivity index (χ2n) is 4.98. The first-order valence-electron chi connectivity index (χ1n) is 7.07. The summed E-state index contributed by atoms with van der Waals surface area (Å²) in [5, 5.41) is 4.29. The van der Waals surface area contributed by atoms with Crippen LogP contribution in [-0.2, 0) is 0 Å². The highest BCUT2D eigenvalue weighted by Gasteiger charge is 2.20. The maximum atomic E-state index is 12.5. The minimum atomic E-state index is -0.115. The lowest BCUT2D eigenvalue weighted by molar-refractivity contribution is 0.0743.